The predicted molar refractivity (Wildman–Crippen MR) is 101 cm³/mol. The van der Waals surface area contributed by atoms with Gasteiger partial charge in [-0.3, -0.25) is 9.59 Å². The Morgan fingerprint density at radius 1 is 1.24 bits per heavy atom. The van der Waals surface area contributed by atoms with Crippen LogP contribution in [-0.4, -0.2) is 24.6 Å². The van der Waals surface area contributed by atoms with Gasteiger partial charge in [-0.25, -0.2) is 5.43 Å². The van der Waals surface area contributed by atoms with Crippen LogP contribution >= 0.6 is 11.3 Å². The van der Waals surface area contributed by atoms with Gasteiger partial charge in [0.25, 0.3) is 0 Å². The quantitative estimate of drug-likeness (QED) is 0.676. The summed E-state index contributed by atoms with van der Waals surface area (Å²) in [6, 6.07) is 7.92. The summed E-state index contributed by atoms with van der Waals surface area (Å²) in [4.78, 5) is 27.3. The smallest absolute Gasteiger partial charge is 0.245 e. The molecule has 1 aliphatic heterocycles. The zero-order valence-electron chi connectivity index (χ0n) is 14.6. The molecule has 1 saturated heterocycles. The highest BCUT2D eigenvalue weighted by atomic mass is 32.1. The Balaban J connectivity index is 1.63. The molecule has 1 aromatic heterocycles. The Hall–Kier alpha value is -2.47. The zero-order chi connectivity index (χ0) is 18.0. The Kier molecular flexibility index (Phi) is 4.99. The molecule has 0 radical (unpaired) electrons. The van der Waals surface area contributed by atoms with Crippen LogP contribution in [-0.2, 0) is 9.59 Å². The fourth-order valence-electron chi connectivity index (χ4n) is 2.79. The van der Waals surface area contributed by atoms with Crippen molar-refractivity contribution in [1.82, 2.24) is 5.43 Å². The van der Waals surface area contributed by atoms with Crippen molar-refractivity contribution in [3.63, 3.8) is 0 Å². The molecule has 6 heteroatoms. The van der Waals surface area contributed by atoms with E-state index in [1.165, 1.54) is 5.56 Å². The van der Waals surface area contributed by atoms with Gasteiger partial charge in [-0.05, 0) is 61.0 Å². The summed E-state index contributed by atoms with van der Waals surface area (Å²) >= 11 is 1.57. The van der Waals surface area contributed by atoms with E-state index in [4.69, 9.17) is 0 Å². The molecule has 1 N–H and O–H groups in total. The van der Waals surface area contributed by atoms with Crippen LogP contribution in [0.5, 0.6) is 0 Å². The van der Waals surface area contributed by atoms with E-state index in [2.05, 4.69) is 10.5 Å². The molecule has 3 rings (SSSR count). The second kappa shape index (κ2) is 7.19. The fourth-order valence-corrected chi connectivity index (χ4v) is 3.58. The third-order valence-electron chi connectivity index (χ3n) is 4.56. The number of benzene rings is 1. The van der Waals surface area contributed by atoms with Crippen LogP contribution in [0, 0.1) is 26.7 Å². The lowest BCUT2D eigenvalue weighted by Crippen LogP contribution is -2.30. The van der Waals surface area contributed by atoms with Crippen molar-refractivity contribution < 1.29 is 9.59 Å². The molecule has 2 amide bonds. The summed E-state index contributed by atoms with van der Waals surface area (Å²) in [5, 5.41) is 6.01. The Bertz CT molecular complexity index is 841. The highest BCUT2D eigenvalue weighted by Crippen LogP contribution is 2.26. The van der Waals surface area contributed by atoms with Gasteiger partial charge in [-0.15, -0.1) is 11.3 Å². The molecule has 1 unspecified atom stereocenters. The molecule has 2 heterocycles. The van der Waals surface area contributed by atoms with Crippen LogP contribution in [0.4, 0.5) is 5.69 Å². The molecule has 0 bridgehead atoms. The Labute approximate surface area is 151 Å². The first-order chi connectivity index (χ1) is 12.0. The Morgan fingerprint density at radius 3 is 2.72 bits per heavy atom. The van der Waals surface area contributed by atoms with Crippen molar-refractivity contribution in [3.05, 3.63) is 51.2 Å². The van der Waals surface area contributed by atoms with Gasteiger partial charge in [0.1, 0.15) is 0 Å². The maximum absolute atomic E-state index is 12.3. The lowest BCUT2D eigenvalue weighted by Gasteiger charge is -2.17. The summed E-state index contributed by atoms with van der Waals surface area (Å²) in [5.41, 5.74) is 6.85. The van der Waals surface area contributed by atoms with Crippen LogP contribution in [0.2, 0.25) is 0 Å². The predicted octanol–water partition coefficient (Wildman–Crippen LogP) is 3.18. The van der Waals surface area contributed by atoms with E-state index in [0.717, 1.165) is 21.7 Å². The molecule has 2 aromatic rings. The molecule has 0 saturated carbocycles. The molecule has 0 spiro atoms. The number of nitrogens with zero attached hydrogens (tertiary/aromatic N) is 2. The minimum absolute atomic E-state index is 0.0264. The van der Waals surface area contributed by atoms with Crippen molar-refractivity contribution >= 4 is 35.1 Å². The zero-order valence-corrected chi connectivity index (χ0v) is 15.4. The van der Waals surface area contributed by atoms with Gasteiger partial charge in [0.2, 0.25) is 11.8 Å². The molecule has 25 heavy (non-hydrogen) atoms. The standard InChI is InChI=1S/C19H21N3O2S/c1-12-4-5-16(8-14(12)3)22-11-15(9-18(22)23)19(24)21-20-10-17-13(2)6-7-25-17/h4-8,10,15H,9,11H2,1-3H3,(H,21,24)/b20-10+. The highest BCUT2D eigenvalue weighted by Gasteiger charge is 2.35. The number of hydrogen-bond donors (Lipinski definition) is 1. The molecule has 1 fully saturated rings. The van der Waals surface area contributed by atoms with Gasteiger partial charge in [0.15, 0.2) is 0 Å². The van der Waals surface area contributed by atoms with E-state index < -0.39 is 0 Å². The van der Waals surface area contributed by atoms with Crippen LogP contribution < -0.4 is 10.3 Å². The average Bonchev–Trinajstić information content (AvgIpc) is 3.16. The summed E-state index contributed by atoms with van der Waals surface area (Å²) in [5.74, 6) is -0.623. The van der Waals surface area contributed by atoms with Gasteiger partial charge in [-0.1, -0.05) is 6.07 Å². The third-order valence-corrected chi connectivity index (χ3v) is 5.51. The van der Waals surface area contributed by atoms with Crippen molar-refractivity contribution in [2.24, 2.45) is 11.0 Å². The number of thiophene rings is 1. The SMILES string of the molecule is Cc1ccc(N2CC(C(=O)N/N=C/c3sccc3C)CC2=O)cc1C. The molecule has 1 aromatic carbocycles. The van der Waals surface area contributed by atoms with E-state index in [-0.39, 0.29) is 24.2 Å². The summed E-state index contributed by atoms with van der Waals surface area (Å²) in [6.07, 6.45) is 1.86. The maximum atomic E-state index is 12.3. The summed E-state index contributed by atoms with van der Waals surface area (Å²) in [7, 11) is 0. The van der Waals surface area contributed by atoms with E-state index in [1.807, 2.05) is 50.4 Å². The maximum Gasteiger partial charge on any atom is 0.245 e. The topological polar surface area (TPSA) is 61.8 Å². The number of anilines is 1. The lowest BCUT2D eigenvalue weighted by atomic mass is 10.1. The monoisotopic (exact) mass is 355 g/mol. The minimum atomic E-state index is -0.379. The van der Waals surface area contributed by atoms with Crippen LogP contribution in [0.1, 0.15) is 28.0 Å². The van der Waals surface area contributed by atoms with Gasteiger partial charge in [-0.2, -0.15) is 5.10 Å². The van der Waals surface area contributed by atoms with Crippen molar-refractivity contribution in [3.8, 4) is 0 Å². The third kappa shape index (κ3) is 3.79. The second-order valence-corrected chi connectivity index (χ2v) is 7.32. The number of carbonyl (C=O) groups excluding carboxylic acids is 2. The highest BCUT2D eigenvalue weighted by molar-refractivity contribution is 7.11. The van der Waals surface area contributed by atoms with Crippen LogP contribution in [0.25, 0.3) is 0 Å². The molecular formula is C19H21N3O2S. The molecule has 130 valence electrons. The van der Waals surface area contributed by atoms with Crippen molar-refractivity contribution in [1.29, 1.82) is 0 Å². The van der Waals surface area contributed by atoms with Crippen molar-refractivity contribution in [2.75, 3.05) is 11.4 Å². The van der Waals surface area contributed by atoms with E-state index in [9.17, 15) is 9.59 Å². The lowest BCUT2D eigenvalue weighted by molar-refractivity contribution is -0.126. The molecule has 1 atom stereocenters. The number of aryl methyl sites for hydroxylation is 3. The van der Waals surface area contributed by atoms with Gasteiger partial charge >= 0.3 is 0 Å². The van der Waals surface area contributed by atoms with E-state index in [1.54, 1.807) is 22.5 Å². The largest absolute Gasteiger partial charge is 0.312 e. The number of nitrogens with one attached hydrogen (secondary N) is 1. The van der Waals surface area contributed by atoms with Gasteiger partial charge in [0.05, 0.1) is 12.1 Å². The first-order valence-corrected chi connectivity index (χ1v) is 9.08. The molecule has 1 aliphatic rings. The fraction of sp³-hybridized carbons (Fsp3) is 0.316. The van der Waals surface area contributed by atoms with Crippen LogP contribution in [0.15, 0.2) is 34.7 Å². The summed E-state index contributed by atoms with van der Waals surface area (Å²) < 4.78 is 0. The summed E-state index contributed by atoms with van der Waals surface area (Å²) in [6.45, 7) is 6.44. The second-order valence-electron chi connectivity index (χ2n) is 6.38. The van der Waals surface area contributed by atoms with E-state index in [0.29, 0.717) is 6.54 Å². The average molecular weight is 355 g/mol. The van der Waals surface area contributed by atoms with Gasteiger partial charge < -0.3 is 4.90 Å². The van der Waals surface area contributed by atoms with Crippen LogP contribution in [0.3, 0.4) is 0 Å². The normalized spacial score (nSPS) is 17.5. The first kappa shape index (κ1) is 17.4. The number of amides is 2. The van der Waals surface area contributed by atoms with Crippen molar-refractivity contribution in [2.45, 2.75) is 27.2 Å². The number of carbonyl (C=O) groups is 2. The molecular weight excluding hydrogens is 334 g/mol. The first-order valence-electron chi connectivity index (χ1n) is 8.20. The van der Waals surface area contributed by atoms with Gasteiger partial charge in [0, 0.05) is 23.5 Å². The number of hydrazone groups is 1. The number of hydrogen-bond acceptors (Lipinski definition) is 4. The van der Waals surface area contributed by atoms with E-state index >= 15 is 0 Å². The Morgan fingerprint density at radius 2 is 2.04 bits per heavy atom. The molecule has 5 nitrogen and oxygen atoms in total. The molecule has 0 aliphatic carbocycles. The number of rotatable bonds is 4. The minimum Gasteiger partial charge on any atom is -0.312 e.